The Hall–Kier alpha value is -1.59. The van der Waals surface area contributed by atoms with Crippen LogP contribution >= 0.6 is 0 Å². The van der Waals surface area contributed by atoms with Crippen LogP contribution in [0.25, 0.3) is 0 Å². The van der Waals surface area contributed by atoms with Crippen molar-refractivity contribution in [3.63, 3.8) is 0 Å². The van der Waals surface area contributed by atoms with Crippen LogP contribution in [-0.2, 0) is 16.1 Å². The average Bonchev–Trinajstić information content (AvgIpc) is 3.14. The normalized spacial score (nSPS) is 21.4. The summed E-state index contributed by atoms with van der Waals surface area (Å²) < 4.78 is 11.3. The lowest BCUT2D eigenvalue weighted by atomic mass is 10.1. The van der Waals surface area contributed by atoms with Gasteiger partial charge in [-0.1, -0.05) is 18.2 Å². The van der Waals surface area contributed by atoms with Crippen LogP contribution in [0.1, 0.15) is 31.2 Å². The zero-order valence-corrected chi connectivity index (χ0v) is 13.6. The zero-order chi connectivity index (χ0) is 15.9. The molecule has 1 atom stereocenters. The van der Waals surface area contributed by atoms with Gasteiger partial charge in [-0.2, -0.15) is 0 Å². The number of benzene rings is 1. The largest absolute Gasteiger partial charge is 0.483 e. The number of hydrogen-bond acceptors (Lipinski definition) is 4. The first-order valence-corrected chi connectivity index (χ1v) is 8.62. The number of rotatable bonds is 6. The maximum absolute atomic E-state index is 12.1. The second-order valence-electron chi connectivity index (χ2n) is 6.28. The van der Waals surface area contributed by atoms with Gasteiger partial charge in [0, 0.05) is 37.8 Å². The number of carbonyl (C=O) groups excluding carboxylic acids is 1. The summed E-state index contributed by atoms with van der Waals surface area (Å²) in [5.74, 6) is 0.884. The van der Waals surface area contributed by atoms with Crippen molar-refractivity contribution in [1.82, 2.24) is 10.2 Å². The molecule has 0 spiro atoms. The molecule has 0 saturated carbocycles. The fourth-order valence-corrected chi connectivity index (χ4v) is 3.14. The first-order chi connectivity index (χ1) is 11.3. The van der Waals surface area contributed by atoms with E-state index in [0.29, 0.717) is 6.04 Å². The molecule has 1 aromatic rings. The molecule has 2 aliphatic rings. The summed E-state index contributed by atoms with van der Waals surface area (Å²) >= 11 is 0. The highest BCUT2D eigenvalue weighted by atomic mass is 16.5. The molecule has 1 aromatic carbocycles. The van der Waals surface area contributed by atoms with Crippen LogP contribution in [0, 0.1) is 0 Å². The topological polar surface area (TPSA) is 50.8 Å². The standard InChI is InChI=1S/C18H26N2O3/c21-18(20-9-3-4-10-20)14-23-17-8-2-1-6-15(17)12-19-16-7-5-11-22-13-16/h1-2,6,8,16,19H,3-5,7,9-14H2. The maximum Gasteiger partial charge on any atom is 0.260 e. The van der Waals surface area contributed by atoms with Crippen molar-refractivity contribution in [2.24, 2.45) is 0 Å². The van der Waals surface area contributed by atoms with Crippen LogP contribution < -0.4 is 10.1 Å². The lowest BCUT2D eigenvalue weighted by Gasteiger charge is -2.24. The molecular weight excluding hydrogens is 292 g/mol. The molecule has 5 heteroatoms. The van der Waals surface area contributed by atoms with E-state index in [0.717, 1.165) is 69.8 Å². The van der Waals surface area contributed by atoms with E-state index in [1.54, 1.807) is 0 Å². The predicted octanol–water partition coefficient (Wildman–Crippen LogP) is 1.96. The molecular formula is C18H26N2O3. The van der Waals surface area contributed by atoms with Gasteiger partial charge in [0.25, 0.3) is 5.91 Å². The quantitative estimate of drug-likeness (QED) is 0.871. The van der Waals surface area contributed by atoms with Crippen LogP contribution in [0.15, 0.2) is 24.3 Å². The fraction of sp³-hybridized carbons (Fsp3) is 0.611. The van der Waals surface area contributed by atoms with E-state index in [1.807, 2.05) is 29.2 Å². The number of carbonyl (C=O) groups is 1. The summed E-state index contributed by atoms with van der Waals surface area (Å²) in [6.07, 6.45) is 4.47. The van der Waals surface area contributed by atoms with Gasteiger partial charge in [0.05, 0.1) is 6.61 Å². The van der Waals surface area contributed by atoms with Crippen molar-refractivity contribution in [3.8, 4) is 5.75 Å². The summed E-state index contributed by atoms with van der Waals surface area (Å²) in [5.41, 5.74) is 1.09. The van der Waals surface area contributed by atoms with Crippen molar-refractivity contribution in [3.05, 3.63) is 29.8 Å². The molecule has 2 aliphatic heterocycles. The number of ether oxygens (including phenoxy) is 2. The first-order valence-electron chi connectivity index (χ1n) is 8.62. The number of hydrogen-bond donors (Lipinski definition) is 1. The Morgan fingerprint density at radius 1 is 1.26 bits per heavy atom. The lowest BCUT2D eigenvalue weighted by Crippen LogP contribution is -2.36. The van der Waals surface area contributed by atoms with Crippen LogP contribution in [-0.4, -0.2) is 49.8 Å². The van der Waals surface area contributed by atoms with E-state index in [-0.39, 0.29) is 12.5 Å². The molecule has 0 bridgehead atoms. The van der Waals surface area contributed by atoms with Crippen molar-refractivity contribution in [2.45, 2.75) is 38.3 Å². The zero-order valence-electron chi connectivity index (χ0n) is 13.6. The van der Waals surface area contributed by atoms with E-state index >= 15 is 0 Å². The minimum absolute atomic E-state index is 0.0888. The number of nitrogens with one attached hydrogen (secondary N) is 1. The van der Waals surface area contributed by atoms with Crippen LogP contribution in [0.3, 0.4) is 0 Å². The second kappa shape index (κ2) is 8.31. The average molecular weight is 318 g/mol. The number of nitrogens with zero attached hydrogens (tertiary/aromatic N) is 1. The highest BCUT2D eigenvalue weighted by Gasteiger charge is 2.19. The first kappa shape index (κ1) is 16.3. The van der Waals surface area contributed by atoms with Crippen LogP contribution in [0.4, 0.5) is 0 Å². The smallest absolute Gasteiger partial charge is 0.260 e. The molecule has 2 heterocycles. The van der Waals surface area contributed by atoms with Crippen LogP contribution in [0.2, 0.25) is 0 Å². The molecule has 1 unspecified atom stereocenters. The van der Waals surface area contributed by atoms with E-state index in [4.69, 9.17) is 9.47 Å². The summed E-state index contributed by atoms with van der Waals surface area (Å²) in [6.45, 7) is 4.25. The Bertz CT molecular complexity index is 509. The molecule has 0 aliphatic carbocycles. The minimum atomic E-state index is 0.0888. The van der Waals surface area contributed by atoms with E-state index in [9.17, 15) is 4.79 Å². The van der Waals surface area contributed by atoms with Crippen molar-refractivity contribution < 1.29 is 14.3 Å². The molecule has 2 saturated heterocycles. The summed E-state index contributed by atoms with van der Waals surface area (Å²) in [6, 6.07) is 8.34. The Balaban J connectivity index is 1.51. The van der Waals surface area contributed by atoms with Gasteiger partial charge in [-0.3, -0.25) is 4.79 Å². The summed E-state index contributed by atoms with van der Waals surface area (Å²) in [7, 11) is 0. The van der Waals surface area contributed by atoms with Gasteiger partial charge in [0.2, 0.25) is 0 Å². The summed E-state index contributed by atoms with van der Waals surface area (Å²) in [5, 5.41) is 3.52. The monoisotopic (exact) mass is 318 g/mol. The second-order valence-corrected chi connectivity index (χ2v) is 6.28. The van der Waals surface area contributed by atoms with Gasteiger partial charge in [0.15, 0.2) is 6.61 Å². The third-order valence-corrected chi connectivity index (χ3v) is 4.52. The van der Waals surface area contributed by atoms with E-state index in [2.05, 4.69) is 5.32 Å². The Labute approximate surface area is 137 Å². The minimum Gasteiger partial charge on any atom is -0.483 e. The number of likely N-dealkylation sites (tertiary alicyclic amines) is 1. The van der Waals surface area contributed by atoms with Crippen LogP contribution in [0.5, 0.6) is 5.75 Å². The third kappa shape index (κ3) is 4.69. The van der Waals surface area contributed by atoms with Crippen molar-refractivity contribution >= 4 is 5.91 Å². The number of amides is 1. The molecule has 126 valence electrons. The number of para-hydroxylation sites is 1. The highest BCUT2D eigenvalue weighted by molar-refractivity contribution is 5.78. The molecule has 0 aromatic heterocycles. The molecule has 1 amide bonds. The van der Waals surface area contributed by atoms with Gasteiger partial charge >= 0.3 is 0 Å². The van der Waals surface area contributed by atoms with Gasteiger partial charge in [-0.15, -0.1) is 0 Å². The fourth-order valence-electron chi connectivity index (χ4n) is 3.14. The Kier molecular flexibility index (Phi) is 5.88. The van der Waals surface area contributed by atoms with Crippen molar-refractivity contribution in [2.75, 3.05) is 32.9 Å². The molecule has 5 nitrogen and oxygen atoms in total. The van der Waals surface area contributed by atoms with Gasteiger partial charge < -0.3 is 19.7 Å². The van der Waals surface area contributed by atoms with Gasteiger partial charge in [-0.05, 0) is 31.7 Å². The third-order valence-electron chi connectivity index (χ3n) is 4.52. The lowest BCUT2D eigenvalue weighted by molar-refractivity contribution is -0.132. The van der Waals surface area contributed by atoms with Gasteiger partial charge in [0.1, 0.15) is 5.75 Å². The summed E-state index contributed by atoms with van der Waals surface area (Å²) in [4.78, 5) is 14.0. The molecule has 1 N–H and O–H groups in total. The SMILES string of the molecule is O=C(COc1ccccc1CNC1CCCOC1)N1CCCC1. The molecule has 23 heavy (non-hydrogen) atoms. The van der Waals surface area contributed by atoms with E-state index in [1.165, 1.54) is 0 Å². The van der Waals surface area contributed by atoms with E-state index < -0.39 is 0 Å². The Morgan fingerprint density at radius 3 is 2.87 bits per heavy atom. The highest BCUT2D eigenvalue weighted by Crippen LogP contribution is 2.19. The molecule has 2 fully saturated rings. The maximum atomic E-state index is 12.1. The molecule has 3 rings (SSSR count). The predicted molar refractivity (Wildman–Crippen MR) is 88.4 cm³/mol. The Morgan fingerprint density at radius 2 is 2.09 bits per heavy atom. The van der Waals surface area contributed by atoms with Crippen molar-refractivity contribution in [1.29, 1.82) is 0 Å². The molecule has 0 radical (unpaired) electrons. The van der Waals surface area contributed by atoms with Gasteiger partial charge in [-0.25, -0.2) is 0 Å².